The van der Waals surface area contributed by atoms with E-state index in [0.29, 0.717) is 6.54 Å². The zero-order valence-electron chi connectivity index (χ0n) is 15.2. The summed E-state index contributed by atoms with van der Waals surface area (Å²) in [7, 11) is 0. The van der Waals surface area contributed by atoms with Crippen LogP contribution in [-0.2, 0) is 11.3 Å². The number of nitrogens with one attached hydrogen (secondary N) is 2. The van der Waals surface area contributed by atoms with Crippen LogP contribution in [0.4, 0.5) is 5.69 Å². The lowest BCUT2D eigenvalue weighted by Gasteiger charge is -2.09. The van der Waals surface area contributed by atoms with E-state index in [1.807, 2.05) is 68.4 Å². The molecule has 0 fully saturated rings. The van der Waals surface area contributed by atoms with Gasteiger partial charge in [-0.05, 0) is 29.8 Å². The standard InChI is InChI=1S/C20H21N5O2/c1-14(2)19(26)23-16-10-8-15(9-11-16)12-21-20(27)18-13-22-25(24-18)17-6-4-3-5-7-17/h3-11,13-14H,12H2,1-2H3,(H,21,27)(H,23,26). The van der Waals surface area contributed by atoms with Crippen LogP contribution in [0.1, 0.15) is 29.9 Å². The first-order valence-corrected chi connectivity index (χ1v) is 8.68. The fraction of sp³-hybridized carbons (Fsp3) is 0.200. The predicted molar refractivity (Wildman–Crippen MR) is 102 cm³/mol. The third-order valence-corrected chi connectivity index (χ3v) is 3.91. The molecule has 0 aliphatic heterocycles. The molecular weight excluding hydrogens is 342 g/mol. The Labute approximate surface area is 157 Å². The fourth-order valence-corrected chi connectivity index (χ4v) is 2.32. The van der Waals surface area contributed by atoms with Gasteiger partial charge in [0.15, 0.2) is 5.69 Å². The van der Waals surface area contributed by atoms with Crippen LogP contribution in [0.2, 0.25) is 0 Å². The molecule has 27 heavy (non-hydrogen) atoms. The quantitative estimate of drug-likeness (QED) is 0.705. The van der Waals surface area contributed by atoms with Crippen LogP contribution in [0.5, 0.6) is 0 Å². The van der Waals surface area contributed by atoms with Gasteiger partial charge < -0.3 is 10.6 Å². The number of carbonyl (C=O) groups excluding carboxylic acids is 2. The van der Waals surface area contributed by atoms with Gasteiger partial charge in [-0.25, -0.2) is 0 Å². The number of amides is 2. The van der Waals surface area contributed by atoms with E-state index in [-0.39, 0.29) is 23.4 Å². The molecule has 0 radical (unpaired) electrons. The molecule has 0 atom stereocenters. The number of nitrogens with zero attached hydrogens (tertiary/aromatic N) is 3. The number of rotatable bonds is 6. The van der Waals surface area contributed by atoms with E-state index in [1.54, 1.807) is 0 Å². The van der Waals surface area contributed by atoms with E-state index in [2.05, 4.69) is 20.8 Å². The van der Waals surface area contributed by atoms with Gasteiger partial charge in [0, 0.05) is 18.2 Å². The Morgan fingerprint density at radius 2 is 1.74 bits per heavy atom. The van der Waals surface area contributed by atoms with Crippen molar-refractivity contribution in [3.8, 4) is 5.69 Å². The number of hydrogen-bond acceptors (Lipinski definition) is 4. The molecular formula is C20H21N5O2. The molecule has 7 nitrogen and oxygen atoms in total. The molecule has 3 rings (SSSR count). The first-order chi connectivity index (χ1) is 13.0. The summed E-state index contributed by atoms with van der Waals surface area (Å²) >= 11 is 0. The van der Waals surface area contributed by atoms with Crippen LogP contribution >= 0.6 is 0 Å². The van der Waals surface area contributed by atoms with Crippen molar-refractivity contribution in [3.63, 3.8) is 0 Å². The average molecular weight is 363 g/mol. The average Bonchev–Trinajstić information content (AvgIpc) is 3.18. The van der Waals surface area contributed by atoms with Crippen molar-refractivity contribution in [2.75, 3.05) is 5.32 Å². The second-order valence-corrected chi connectivity index (χ2v) is 6.38. The zero-order chi connectivity index (χ0) is 19.2. The molecule has 0 unspecified atom stereocenters. The highest BCUT2D eigenvalue weighted by molar-refractivity contribution is 5.92. The summed E-state index contributed by atoms with van der Waals surface area (Å²) in [4.78, 5) is 25.4. The van der Waals surface area contributed by atoms with Crippen LogP contribution < -0.4 is 10.6 Å². The summed E-state index contributed by atoms with van der Waals surface area (Å²) < 4.78 is 0. The van der Waals surface area contributed by atoms with Gasteiger partial charge in [0.05, 0.1) is 11.9 Å². The Balaban J connectivity index is 1.56. The van der Waals surface area contributed by atoms with Gasteiger partial charge in [-0.2, -0.15) is 9.90 Å². The first-order valence-electron chi connectivity index (χ1n) is 8.68. The number of hydrogen-bond donors (Lipinski definition) is 2. The van der Waals surface area contributed by atoms with Crippen molar-refractivity contribution < 1.29 is 9.59 Å². The predicted octanol–water partition coefficient (Wildman–Crippen LogP) is 2.79. The van der Waals surface area contributed by atoms with Gasteiger partial charge >= 0.3 is 0 Å². The van der Waals surface area contributed by atoms with Crippen molar-refractivity contribution in [2.45, 2.75) is 20.4 Å². The second kappa shape index (κ2) is 8.27. The Morgan fingerprint density at radius 3 is 2.41 bits per heavy atom. The summed E-state index contributed by atoms with van der Waals surface area (Å²) in [6, 6.07) is 16.7. The summed E-state index contributed by atoms with van der Waals surface area (Å²) in [6.07, 6.45) is 1.44. The van der Waals surface area contributed by atoms with Crippen molar-refractivity contribution in [1.29, 1.82) is 0 Å². The van der Waals surface area contributed by atoms with Gasteiger partial charge in [0.1, 0.15) is 0 Å². The maximum atomic E-state index is 12.3. The molecule has 0 aliphatic rings. The van der Waals surface area contributed by atoms with Crippen molar-refractivity contribution >= 4 is 17.5 Å². The summed E-state index contributed by atoms with van der Waals surface area (Å²) in [5, 5.41) is 14.0. The molecule has 2 aromatic carbocycles. The second-order valence-electron chi connectivity index (χ2n) is 6.38. The third-order valence-electron chi connectivity index (χ3n) is 3.91. The minimum Gasteiger partial charge on any atom is -0.347 e. The van der Waals surface area contributed by atoms with Gasteiger partial charge in [0.2, 0.25) is 5.91 Å². The molecule has 0 saturated heterocycles. The molecule has 0 spiro atoms. The van der Waals surface area contributed by atoms with Gasteiger partial charge in [-0.15, -0.1) is 5.10 Å². The van der Waals surface area contributed by atoms with Crippen LogP contribution in [0, 0.1) is 5.92 Å². The molecule has 0 saturated carbocycles. The van der Waals surface area contributed by atoms with Crippen molar-refractivity contribution in [3.05, 3.63) is 72.1 Å². The maximum Gasteiger partial charge on any atom is 0.273 e. The minimum absolute atomic E-state index is 0.0300. The monoisotopic (exact) mass is 363 g/mol. The summed E-state index contributed by atoms with van der Waals surface area (Å²) in [5.74, 6) is -0.403. The molecule has 1 aromatic heterocycles. The number of carbonyl (C=O) groups is 2. The number of anilines is 1. The SMILES string of the molecule is CC(C)C(=O)Nc1ccc(CNC(=O)c2cnn(-c3ccccc3)n2)cc1. The molecule has 2 N–H and O–H groups in total. The number of benzene rings is 2. The minimum atomic E-state index is -0.297. The van der Waals surface area contributed by atoms with Gasteiger partial charge in [-0.3, -0.25) is 9.59 Å². The van der Waals surface area contributed by atoms with Crippen molar-refractivity contribution in [1.82, 2.24) is 20.3 Å². The smallest absolute Gasteiger partial charge is 0.273 e. The zero-order valence-corrected chi connectivity index (χ0v) is 15.2. The Kier molecular flexibility index (Phi) is 5.61. The highest BCUT2D eigenvalue weighted by atomic mass is 16.2. The van der Waals surface area contributed by atoms with E-state index in [1.165, 1.54) is 11.0 Å². The van der Waals surface area contributed by atoms with E-state index in [0.717, 1.165) is 16.9 Å². The molecule has 1 heterocycles. The topological polar surface area (TPSA) is 88.9 Å². The van der Waals surface area contributed by atoms with E-state index in [9.17, 15) is 9.59 Å². The lowest BCUT2D eigenvalue weighted by molar-refractivity contribution is -0.118. The molecule has 3 aromatic rings. The fourth-order valence-electron chi connectivity index (χ4n) is 2.32. The maximum absolute atomic E-state index is 12.3. The van der Waals surface area contributed by atoms with Gasteiger partial charge in [-0.1, -0.05) is 44.2 Å². The van der Waals surface area contributed by atoms with Crippen LogP contribution in [0.25, 0.3) is 5.69 Å². The lowest BCUT2D eigenvalue weighted by Crippen LogP contribution is -2.23. The molecule has 2 amide bonds. The number of aromatic nitrogens is 3. The Morgan fingerprint density at radius 1 is 1.04 bits per heavy atom. The Bertz CT molecular complexity index is 917. The van der Waals surface area contributed by atoms with Crippen molar-refractivity contribution in [2.24, 2.45) is 5.92 Å². The Hall–Kier alpha value is -3.48. The summed E-state index contributed by atoms with van der Waals surface area (Å²) in [5.41, 5.74) is 2.69. The lowest BCUT2D eigenvalue weighted by atomic mass is 10.1. The summed E-state index contributed by atoms with van der Waals surface area (Å²) in [6.45, 7) is 4.04. The van der Waals surface area contributed by atoms with Crippen LogP contribution in [0.3, 0.4) is 0 Å². The van der Waals surface area contributed by atoms with E-state index >= 15 is 0 Å². The van der Waals surface area contributed by atoms with Crippen LogP contribution in [0.15, 0.2) is 60.8 Å². The highest BCUT2D eigenvalue weighted by Crippen LogP contribution is 2.11. The molecule has 0 bridgehead atoms. The number of para-hydroxylation sites is 1. The van der Waals surface area contributed by atoms with Gasteiger partial charge in [0.25, 0.3) is 5.91 Å². The largest absolute Gasteiger partial charge is 0.347 e. The highest BCUT2D eigenvalue weighted by Gasteiger charge is 2.11. The molecule has 138 valence electrons. The van der Waals surface area contributed by atoms with E-state index in [4.69, 9.17) is 0 Å². The normalized spacial score (nSPS) is 10.6. The first kappa shape index (κ1) is 18.3. The van der Waals surface area contributed by atoms with Crippen LogP contribution in [-0.4, -0.2) is 26.8 Å². The molecule has 7 heteroatoms. The van der Waals surface area contributed by atoms with E-state index < -0.39 is 0 Å². The molecule has 0 aliphatic carbocycles. The third kappa shape index (κ3) is 4.78.